The lowest BCUT2D eigenvalue weighted by atomic mass is 9.96. The van der Waals surface area contributed by atoms with Crippen LogP contribution in [-0.4, -0.2) is 50.6 Å². The summed E-state index contributed by atoms with van der Waals surface area (Å²) in [5, 5.41) is 0. The van der Waals surface area contributed by atoms with Crippen molar-refractivity contribution >= 4 is 17.3 Å². The van der Waals surface area contributed by atoms with Crippen LogP contribution >= 0.6 is 0 Å². The number of nitrogens with zero attached hydrogens (tertiary/aromatic N) is 3. The normalized spacial score (nSPS) is 18.4. The molecule has 2 aromatic carbocycles. The van der Waals surface area contributed by atoms with Crippen LogP contribution in [0, 0.1) is 23.6 Å². The molecule has 2 aliphatic heterocycles. The van der Waals surface area contributed by atoms with Gasteiger partial charge in [-0.05, 0) is 68.9 Å². The summed E-state index contributed by atoms with van der Waals surface area (Å²) in [6, 6.07) is 11.4. The van der Waals surface area contributed by atoms with E-state index in [9.17, 15) is 4.79 Å². The molecule has 0 unspecified atom stereocenters. The predicted octanol–water partition coefficient (Wildman–Crippen LogP) is 4.18. The summed E-state index contributed by atoms with van der Waals surface area (Å²) in [5.74, 6) is 6.29. The van der Waals surface area contributed by atoms with Gasteiger partial charge in [0.15, 0.2) is 0 Å². The molecule has 0 aromatic heterocycles. The molecule has 2 aromatic rings. The van der Waals surface area contributed by atoms with Crippen molar-refractivity contribution in [2.24, 2.45) is 5.92 Å². The number of benzene rings is 2. The van der Waals surface area contributed by atoms with Crippen LogP contribution in [0.2, 0.25) is 0 Å². The molecule has 31 heavy (non-hydrogen) atoms. The molecule has 0 saturated carbocycles. The number of anilines is 2. The summed E-state index contributed by atoms with van der Waals surface area (Å²) in [6.45, 7) is 6.32. The van der Waals surface area contributed by atoms with Crippen molar-refractivity contribution in [3.8, 4) is 11.8 Å². The Balaban J connectivity index is 1.53. The fourth-order valence-corrected chi connectivity index (χ4v) is 4.34. The van der Waals surface area contributed by atoms with E-state index in [1.165, 1.54) is 6.07 Å². The molecule has 5 heteroatoms. The summed E-state index contributed by atoms with van der Waals surface area (Å²) >= 11 is 0. The number of rotatable bonds is 3. The van der Waals surface area contributed by atoms with E-state index in [0.29, 0.717) is 35.4 Å². The maximum atomic E-state index is 15.0. The minimum Gasteiger partial charge on any atom is -0.368 e. The molecule has 4 nitrogen and oxygen atoms in total. The Morgan fingerprint density at radius 3 is 2.61 bits per heavy atom. The zero-order valence-electron chi connectivity index (χ0n) is 18.8. The van der Waals surface area contributed by atoms with Crippen molar-refractivity contribution in [2.75, 3.05) is 43.5 Å². The molecule has 1 fully saturated rings. The van der Waals surface area contributed by atoms with Gasteiger partial charge in [0.2, 0.25) is 0 Å². The van der Waals surface area contributed by atoms with Gasteiger partial charge in [0.05, 0.1) is 5.69 Å². The maximum absolute atomic E-state index is 15.0. The Kier molecular flexibility index (Phi) is 6.02. The van der Waals surface area contributed by atoms with Crippen LogP contribution in [0.15, 0.2) is 36.4 Å². The second kappa shape index (κ2) is 8.72. The largest absolute Gasteiger partial charge is 0.368 e. The van der Waals surface area contributed by atoms with E-state index in [2.05, 4.69) is 49.6 Å². The number of likely N-dealkylation sites (N-methyl/N-ethyl adjacent to an activating group) is 1. The SMILES string of the molecule is CC(C)C#Cc1ccc2c(c1)CCN(c1ccc(N3CC[C@@H](N(C)C)C3)c(F)c1)C2=O. The number of fused-ring (bicyclic) bond motifs is 1. The molecule has 0 N–H and O–H groups in total. The van der Waals surface area contributed by atoms with Gasteiger partial charge in [-0.2, -0.15) is 0 Å². The predicted molar refractivity (Wildman–Crippen MR) is 124 cm³/mol. The van der Waals surface area contributed by atoms with Gasteiger partial charge in [-0.1, -0.05) is 25.7 Å². The summed E-state index contributed by atoms with van der Waals surface area (Å²) in [7, 11) is 4.13. The smallest absolute Gasteiger partial charge is 0.258 e. The van der Waals surface area contributed by atoms with E-state index in [1.807, 2.05) is 30.3 Å². The Bertz CT molecular complexity index is 1050. The first kappa shape index (κ1) is 21.4. The third kappa shape index (κ3) is 4.45. The molecule has 0 aliphatic carbocycles. The van der Waals surface area contributed by atoms with E-state index < -0.39 is 0 Å². The van der Waals surface area contributed by atoms with Gasteiger partial charge in [-0.15, -0.1) is 0 Å². The highest BCUT2D eigenvalue weighted by atomic mass is 19.1. The number of hydrogen-bond donors (Lipinski definition) is 0. The first-order valence-electron chi connectivity index (χ1n) is 11.0. The number of halogens is 1. The third-order valence-electron chi connectivity index (χ3n) is 6.17. The molecule has 0 spiro atoms. The number of carbonyl (C=O) groups excluding carboxylic acids is 1. The fourth-order valence-electron chi connectivity index (χ4n) is 4.34. The lowest BCUT2D eigenvalue weighted by Gasteiger charge is -2.29. The van der Waals surface area contributed by atoms with Gasteiger partial charge in [0, 0.05) is 48.4 Å². The Labute approximate surface area is 184 Å². The van der Waals surface area contributed by atoms with Crippen molar-refractivity contribution in [3.63, 3.8) is 0 Å². The van der Waals surface area contributed by atoms with Crippen molar-refractivity contribution in [1.82, 2.24) is 4.90 Å². The fraction of sp³-hybridized carbons (Fsp3) is 0.423. The first-order chi connectivity index (χ1) is 14.8. The summed E-state index contributed by atoms with van der Waals surface area (Å²) in [4.78, 5) is 19.1. The monoisotopic (exact) mass is 419 g/mol. The van der Waals surface area contributed by atoms with Crippen molar-refractivity contribution in [2.45, 2.75) is 32.7 Å². The van der Waals surface area contributed by atoms with Crippen LogP contribution in [0.1, 0.15) is 41.8 Å². The minimum atomic E-state index is -0.269. The van der Waals surface area contributed by atoms with Gasteiger partial charge in [-0.3, -0.25) is 4.79 Å². The lowest BCUT2D eigenvalue weighted by Crippen LogP contribution is -2.37. The molecule has 0 bridgehead atoms. The van der Waals surface area contributed by atoms with Gasteiger partial charge >= 0.3 is 0 Å². The maximum Gasteiger partial charge on any atom is 0.258 e. The highest BCUT2D eigenvalue weighted by Gasteiger charge is 2.28. The standard InChI is InChI=1S/C26H30FN3O/c1-18(2)5-6-19-7-9-23-20(15-19)11-14-30(26(23)31)21-8-10-25(24(27)16-21)29-13-12-22(17-29)28(3)4/h7-10,15-16,18,22H,11-14,17H2,1-4H3/t22-/m1/s1. The first-order valence-corrected chi connectivity index (χ1v) is 11.0. The molecular formula is C26H30FN3O. The highest BCUT2D eigenvalue weighted by Crippen LogP contribution is 2.31. The molecule has 162 valence electrons. The van der Waals surface area contributed by atoms with Gasteiger partial charge in [0.25, 0.3) is 5.91 Å². The second-order valence-electron chi connectivity index (χ2n) is 8.99. The average Bonchev–Trinajstić information content (AvgIpc) is 3.22. The minimum absolute atomic E-state index is 0.0781. The average molecular weight is 420 g/mol. The molecular weight excluding hydrogens is 389 g/mol. The van der Waals surface area contributed by atoms with Crippen molar-refractivity contribution < 1.29 is 9.18 Å². The van der Waals surface area contributed by atoms with Crippen LogP contribution < -0.4 is 9.80 Å². The number of amides is 1. The molecule has 4 rings (SSSR count). The van der Waals surface area contributed by atoms with E-state index in [-0.39, 0.29) is 11.7 Å². The van der Waals surface area contributed by atoms with Crippen molar-refractivity contribution in [3.05, 3.63) is 58.9 Å². The highest BCUT2D eigenvalue weighted by molar-refractivity contribution is 6.08. The quantitative estimate of drug-likeness (QED) is 0.699. The molecule has 1 saturated heterocycles. The third-order valence-corrected chi connectivity index (χ3v) is 6.17. The molecule has 1 amide bonds. The van der Waals surface area contributed by atoms with Crippen LogP contribution in [-0.2, 0) is 6.42 Å². The van der Waals surface area contributed by atoms with E-state index >= 15 is 4.39 Å². The Morgan fingerprint density at radius 1 is 1.13 bits per heavy atom. The van der Waals surface area contributed by atoms with Crippen LogP contribution in [0.25, 0.3) is 0 Å². The summed E-state index contributed by atoms with van der Waals surface area (Å²) < 4.78 is 15.0. The van der Waals surface area contributed by atoms with E-state index in [4.69, 9.17) is 0 Å². The summed E-state index contributed by atoms with van der Waals surface area (Å²) in [6.07, 6.45) is 1.76. The zero-order valence-corrected chi connectivity index (χ0v) is 18.8. The zero-order chi connectivity index (χ0) is 22.1. The molecule has 0 radical (unpaired) electrons. The topological polar surface area (TPSA) is 26.8 Å². The van der Waals surface area contributed by atoms with Crippen LogP contribution in [0.4, 0.5) is 15.8 Å². The molecule has 2 heterocycles. The second-order valence-corrected chi connectivity index (χ2v) is 8.99. The number of carbonyl (C=O) groups is 1. The van der Waals surface area contributed by atoms with Crippen LogP contribution in [0.3, 0.4) is 0 Å². The van der Waals surface area contributed by atoms with Crippen molar-refractivity contribution in [1.29, 1.82) is 0 Å². The van der Waals surface area contributed by atoms with Gasteiger partial charge < -0.3 is 14.7 Å². The van der Waals surface area contributed by atoms with E-state index in [1.54, 1.807) is 4.90 Å². The van der Waals surface area contributed by atoms with Crippen LogP contribution in [0.5, 0.6) is 0 Å². The van der Waals surface area contributed by atoms with Gasteiger partial charge in [0.1, 0.15) is 5.82 Å². The lowest BCUT2D eigenvalue weighted by molar-refractivity contribution is 0.0980. The Hall–Kier alpha value is -2.84. The molecule has 2 aliphatic rings. The molecule has 1 atom stereocenters. The number of hydrogen-bond acceptors (Lipinski definition) is 3. The Morgan fingerprint density at radius 2 is 1.94 bits per heavy atom. The van der Waals surface area contributed by atoms with Gasteiger partial charge in [-0.25, -0.2) is 4.39 Å². The summed E-state index contributed by atoms with van der Waals surface area (Å²) in [5.41, 5.74) is 3.86. The van der Waals surface area contributed by atoms with E-state index in [0.717, 1.165) is 37.1 Å².